The first-order valence-corrected chi connectivity index (χ1v) is 12.1. The molecule has 1 aromatic heterocycles. The van der Waals surface area contributed by atoms with Crippen LogP contribution in [0, 0.1) is 0 Å². The Morgan fingerprint density at radius 2 is 1.94 bits per heavy atom. The lowest BCUT2D eigenvalue weighted by Crippen LogP contribution is -2.63. The molecule has 0 unspecified atom stereocenters. The van der Waals surface area contributed by atoms with E-state index in [1.54, 1.807) is 0 Å². The van der Waals surface area contributed by atoms with Crippen molar-refractivity contribution in [2.45, 2.75) is 63.3 Å². The van der Waals surface area contributed by atoms with Gasteiger partial charge in [0.1, 0.15) is 12.1 Å². The number of rotatable bonds is 9. The number of hydrogen-bond acceptors (Lipinski definition) is 6. The van der Waals surface area contributed by atoms with Gasteiger partial charge in [0.2, 0.25) is 12.3 Å². The fourth-order valence-electron chi connectivity index (χ4n) is 5.05. The number of anilines is 1. The first kappa shape index (κ1) is 25.2. The number of fused-ring (bicyclic) bond motifs is 1. The molecule has 2 amide bonds. The molecular weight excluding hydrogens is 461 g/mol. The van der Waals surface area contributed by atoms with Crippen molar-refractivity contribution < 1.29 is 22.8 Å². The Labute approximate surface area is 202 Å². The van der Waals surface area contributed by atoms with E-state index in [4.69, 9.17) is 0 Å². The van der Waals surface area contributed by atoms with Crippen LogP contribution >= 0.6 is 0 Å². The molecule has 4 rings (SSSR count). The number of carbonyl (C=O) groups is 2. The van der Waals surface area contributed by atoms with Crippen molar-refractivity contribution >= 4 is 29.0 Å². The molecule has 190 valence electrons. The van der Waals surface area contributed by atoms with Crippen molar-refractivity contribution in [2.75, 3.05) is 31.5 Å². The number of nitrogens with zero attached hydrogens (tertiary/aromatic N) is 4. The van der Waals surface area contributed by atoms with E-state index in [0.717, 1.165) is 70.3 Å². The van der Waals surface area contributed by atoms with E-state index in [1.807, 2.05) is 4.90 Å². The second kappa shape index (κ2) is 10.8. The SMILES string of the molecule is CCCN(C=O)[C@H]1CC[C@@H](N2CC(NC(=O)CNc3ncnc4ccc(C(F)(F)F)cc34)C2)CC1. The van der Waals surface area contributed by atoms with Crippen molar-refractivity contribution in [2.24, 2.45) is 0 Å². The third kappa shape index (κ3) is 6.01. The molecule has 2 heterocycles. The lowest BCUT2D eigenvalue weighted by atomic mass is 9.87. The molecule has 2 aliphatic rings. The number of likely N-dealkylation sites (tertiary alicyclic amines) is 1. The normalized spacial score (nSPS) is 21.4. The van der Waals surface area contributed by atoms with Gasteiger partial charge in [0.05, 0.1) is 23.7 Å². The summed E-state index contributed by atoms with van der Waals surface area (Å²) < 4.78 is 39.2. The third-order valence-corrected chi connectivity index (χ3v) is 6.92. The minimum absolute atomic E-state index is 0.0487. The van der Waals surface area contributed by atoms with Crippen LogP contribution in [-0.4, -0.2) is 76.4 Å². The van der Waals surface area contributed by atoms with Crippen LogP contribution in [0.15, 0.2) is 24.5 Å². The van der Waals surface area contributed by atoms with Gasteiger partial charge in [-0.3, -0.25) is 14.5 Å². The van der Waals surface area contributed by atoms with Crippen LogP contribution in [0.1, 0.15) is 44.6 Å². The number of halogens is 3. The standard InChI is InChI=1S/C24H31F3N6O2/c1-2-9-32(15-34)18-4-6-19(7-5-18)33-12-17(13-33)31-22(35)11-28-23-20-10-16(24(25,26)27)3-8-21(20)29-14-30-23/h3,8,10,14-15,17-19H,2,4-7,9,11-13H2,1H3,(H,31,35)(H,28,29,30)/t18-,19+. The largest absolute Gasteiger partial charge is 0.416 e. The van der Waals surface area contributed by atoms with E-state index in [-0.39, 0.29) is 29.7 Å². The van der Waals surface area contributed by atoms with Crippen LogP contribution in [0.3, 0.4) is 0 Å². The quantitative estimate of drug-likeness (QED) is 0.523. The summed E-state index contributed by atoms with van der Waals surface area (Å²) >= 11 is 0. The molecule has 8 nitrogen and oxygen atoms in total. The molecule has 0 radical (unpaired) electrons. The van der Waals surface area contributed by atoms with Gasteiger partial charge >= 0.3 is 6.18 Å². The summed E-state index contributed by atoms with van der Waals surface area (Å²) in [4.78, 5) is 36.0. The van der Waals surface area contributed by atoms with Gasteiger partial charge < -0.3 is 15.5 Å². The molecule has 11 heteroatoms. The highest BCUT2D eigenvalue weighted by Crippen LogP contribution is 2.32. The summed E-state index contributed by atoms with van der Waals surface area (Å²) in [6.07, 6.45) is 2.81. The van der Waals surface area contributed by atoms with Crippen LogP contribution in [-0.2, 0) is 15.8 Å². The minimum atomic E-state index is -4.47. The molecule has 35 heavy (non-hydrogen) atoms. The molecule has 0 atom stereocenters. The Hall–Kier alpha value is -2.95. The Morgan fingerprint density at radius 3 is 2.60 bits per heavy atom. The third-order valence-electron chi connectivity index (χ3n) is 6.92. The molecule has 0 bridgehead atoms. The Kier molecular flexibility index (Phi) is 7.73. The smallest absolute Gasteiger partial charge is 0.360 e. The highest BCUT2D eigenvalue weighted by molar-refractivity contribution is 5.91. The minimum Gasteiger partial charge on any atom is -0.360 e. The Bertz CT molecular complexity index is 1040. The zero-order chi connectivity index (χ0) is 25.0. The van der Waals surface area contributed by atoms with E-state index >= 15 is 0 Å². The zero-order valence-corrected chi connectivity index (χ0v) is 19.7. The molecule has 1 saturated carbocycles. The second-order valence-electron chi connectivity index (χ2n) is 9.33. The second-order valence-corrected chi connectivity index (χ2v) is 9.33. The summed E-state index contributed by atoms with van der Waals surface area (Å²) in [5, 5.41) is 6.03. The lowest BCUT2D eigenvalue weighted by Gasteiger charge is -2.47. The summed E-state index contributed by atoms with van der Waals surface area (Å²) in [6, 6.07) is 4.11. The maximum absolute atomic E-state index is 13.1. The molecule has 2 fully saturated rings. The van der Waals surface area contributed by atoms with Gasteiger partial charge in [-0.1, -0.05) is 6.92 Å². The highest BCUT2D eigenvalue weighted by atomic mass is 19.4. The number of amides is 2. The lowest BCUT2D eigenvalue weighted by molar-refractivity contribution is -0.137. The highest BCUT2D eigenvalue weighted by Gasteiger charge is 2.36. The van der Waals surface area contributed by atoms with Crippen LogP contribution in [0.4, 0.5) is 19.0 Å². The number of hydrogen-bond donors (Lipinski definition) is 2. The van der Waals surface area contributed by atoms with Crippen molar-refractivity contribution in [3.8, 4) is 0 Å². The summed E-state index contributed by atoms with van der Waals surface area (Å²) in [6.45, 7) is 4.34. The van der Waals surface area contributed by atoms with Crippen LogP contribution in [0.25, 0.3) is 10.9 Å². The van der Waals surface area contributed by atoms with Crippen molar-refractivity contribution in [3.05, 3.63) is 30.1 Å². The molecule has 1 aliphatic heterocycles. The van der Waals surface area contributed by atoms with Crippen molar-refractivity contribution in [1.29, 1.82) is 0 Å². The van der Waals surface area contributed by atoms with E-state index in [1.165, 1.54) is 12.4 Å². The maximum atomic E-state index is 13.1. The molecule has 0 spiro atoms. The van der Waals surface area contributed by atoms with Gasteiger partial charge in [-0.2, -0.15) is 13.2 Å². The van der Waals surface area contributed by atoms with Crippen LogP contribution in [0.5, 0.6) is 0 Å². The van der Waals surface area contributed by atoms with Gasteiger partial charge in [-0.25, -0.2) is 9.97 Å². The number of alkyl halides is 3. The van der Waals surface area contributed by atoms with E-state index in [2.05, 4.69) is 32.4 Å². The number of aromatic nitrogens is 2. The van der Waals surface area contributed by atoms with Gasteiger partial charge in [-0.15, -0.1) is 0 Å². The van der Waals surface area contributed by atoms with Crippen LogP contribution < -0.4 is 10.6 Å². The fraction of sp³-hybridized carbons (Fsp3) is 0.583. The molecule has 1 aliphatic carbocycles. The van der Waals surface area contributed by atoms with Gasteiger partial charge in [0.15, 0.2) is 0 Å². The summed E-state index contributed by atoms with van der Waals surface area (Å²) in [5.74, 6) is -0.0472. The molecule has 2 aromatic rings. The van der Waals surface area contributed by atoms with Crippen LogP contribution in [0.2, 0.25) is 0 Å². The van der Waals surface area contributed by atoms with Gasteiger partial charge in [0, 0.05) is 37.1 Å². The summed E-state index contributed by atoms with van der Waals surface area (Å²) in [7, 11) is 0. The average molecular weight is 493 g/mol. The maximum Gasteiger partial charge on any atom is 0.416 e. The molecule has 2 N–H and O–H groups in total. The van der Waals surface area contributed by atoms with Gasteiger partial charge in [-0.05, 0) is 50.3 Å². The topological polar surface area (TPSA) is 90.5 Å². The molecule has 1 aromatic carbocycles. The fourth-order valence-corrected chi connectivity index (χ4v) is 5.05. The zero-order valence-electron chi connectivity index (χ0n) is 19.7. The van der Waals surface area contributed by atoms with E-state index < -0.39 is 11.7 Å². The predicted octanol–water partition coefficient (Wildman–Crippen LogP) is 3.04. The van der Waals surface area contributed by atoms with Crippen molar-refractivity contribution in [3.63, 3.8) is 0 Å². The molecular formula is C24H31F3N6O2. The first-order valence-electron chi connectivity index (χ1n) is 12.1. The Morgan fingerprint density at radius 1 is 1.20 bits per heavy atom. The number of carbonyl (C=O) groups excluding carboxylic acids is 2. The first-order chi connectivity index (χ1) is 16.8. The van der Waals surface area contributed by atoms with E-state index in [9.17, 15) is 22.8 Å². The average Bonchev–Trinajstić information content (AvgIpc) is 2.82. The predicted molar refractivity (Wildman–Crippen MR) is 126 cm³/mol. The number of benzene rings is 1. The number of nitrogens with one attached hydrogen (secondary N) is 2. The molecule has 1 saturated heterocycles. The summed E-state index contributed by atoms with van der Waals surface area (Å²) in [5.41, 5.74) is -0.425. The van der Waals surface area contributed by atoms with E-state index in [0.29, 0.717) is 17.6 Å². The van der Waals surface area contributed by atoms with Gasteiger partial charge in [0.25, 0.3) is 0 Å². The monoisotopic (exact) mass is 492 g/mol. The van der Waals surface area contributed by atoms with Crippen molar-refractivity contribution in [1.82, 2.24) is 25.1 Å². The Balaban J connectivity index is 1.23.